The fraction of sp³-hybridized carbons (Fsp3) is 1.00. The van der Waals surface area contributed by atoms with Crippen LogP contribution in [0.4, 0.5) is 13.2 Å². The van der Waals surface area contributed by atoms with Gasteiger partial charge in [-0.25, -0.2) is 0 Å². The van der Waals surface area contributed by atoms with Gasteiger partial charge in [0.2, 0.25) is 0 Å². The van der Waals surface area contributed by atoms with Crippen molar-refractivity contribution >= 4 is 11.8 Å². The highest BCUT2D eigenvalue weighted by molar-refractivity contribution is 8.00. The maximum Gasteiger partial charge on any atom is 0.406 e. The minimum absolute atomic E-state index is 0.0547. The molecule has 1 aliphatic carbocycles. The predicted octanol–water partition coefficient (Wildman–Crippen LogP) is 2.56. The summed E-state index contributed by atoms with van der Waals surface area (Å²) in [5.41, 5.74) is -1.53. The quantitative estimate of drug-likeness (QED) is 0.775. The van der Waals surface area contributed by atoms with Crippen molar-refractivity contribution in [3.63, 3.8) is 0 Å². The zero-order valence-electron chi connectivity index (χ0n) is 8.03. The molecule has 0 aromatic carbocycles. The maximum atomic E-state index is 12.6. The first-order valence-corrected chi connectivity index (χ1v) is 5.94. The lowest BCUT2D eigenvalue weighted by Crippen LogP contribution is -2.49. The molecule has 0 aromatic rings. The first-order valence-electron chi connectivity index (χ1n) is 4.89. The van der Waals surface area contributed by atoms with Crippen LogP contribution in [-0.4, -0.2) is 28.8 Å². The van der Waals surface area contributed by atoms with Crippen LogP contribution < -0.4 is 5.32 Å². The molecule has 0 aromatic heterocycles. The van der Waals surface area contributed by atoms with Crippen molar-refractivity contribution in [2.45, 2.75) is 49.2 Å². The Labute approximate surface area is 85.8 Å². The van der Waals surface area contributed by atoms with E-state index in [9.17, 15) is 13.2 Å². The minimum Gasteiger partial charge on any atom is -0.300 e. The average molecular weight is 225 g/mol. The summed E-state index contributed by atoms with van der Waals surface area (Å²) in [6, 6.07) is 0.0547. The molecular weight excluding hydrogens is 211 g/mol. The van der Waals surface area contributed by atoms with Crippen molar-refractivity contribution in [3.05, 3.63) is 0 Å². The number of alkyl halides is 3. The number of rotatable bonds is 2. The van der Waals surface area contributed by atoms with E-state index in [1.54, 1.807) is 11.8 Å². The molecule has 2 atom stereocenters. The summed E-state index contributed by atoms with van der Waals surface area (Å²) in [4.78, 5) is 0. The van der Waals surface area contributed by atoms with E-state index < -0.39 is 11.7 Å². The van der Waals surface area contributed by atoms with E-state index in [2.05, 4.69) is 12.2 Å². The highest BCUT2D eigenvalue weighted by atomic mass is 32.2. The summed E-state index contributed by atoms with van der Waals surface area (Å²) in [7, 11) is 0. The molecule has 0 spiro atoms. The number of hydrogen-bond donors (Lipinski definition) is 1. The fourth-order valence-corrected chi connectivity index (χ4v) is 3.09. The summed E-state index contributed by atoms with van der Waals surface area (Å²) in [5, 5.41) is 3.29. The second-order valence-electron chi connectivity index (χ2n) is 4.30. The van der Waals surface area contributed by atoms with Gasteiger partial charge < -0.3 is 0 Å². The monoisotopic (exact) mass is 225 g/mol. The molecule has 1 N–H and O–H groups in total. The summed E-state index contributed by atoms with van der Waals surface area (Å²) in [6.07, 6.45) is -2.69. The van der Waals surface area contributed by atoms with Gasteiger partial charge in [-0.2, -0.15) is 24.9 Å². The SMILES string of the molecule is CC1CC(NC2(C(F)(F)F)CC2)CS1. The normalized spacial score (nSPS) is 36.0. The molecule has 1 aliphatic heterocycles. The highest BCUT2D eigenvalue weighted by Crippen LogP contribution is 2.50. The van der Waals surface area contributed by atoms with Crippen molar-refractivity contribution in [1.29, 1.82) is 0 Å². The van der Waals surface area contributed by atoms with Crippen molar-refractivity contribution in [3.8, 4) is 0 Å². The van der Waals surface area contributed by atoms with Crippen molar-refractivity contribution in [2.75, 3.05) is 5.75 Å². The fourth-order valence-electron chi connectivity index (χ4n) is 1.94. The van der Waals surface area contributed by atoms with Crippen LogP contribution in [0.25, 0.3) is 0 Å². The van der Waals surface area contributed by atoms with Gasteiger partial charge in [0.25, 0.3) is 0 Å². The molecular formula is C9H14F3NS. The summed E-state index contributed by atoms with van der Waals surface area (Å²) in [5.74, 6) is 0.818. The second kappa shape index (κ2) is 3.30. The molecule has 1 nitrogen and oxygen atoms in total. The third-order valence-corrected chi connectivity index (χ3v) is 4.33. The Morgan fingerprint density at radius 3 is 2.36 bits per heavy atom. The Morgan fingerprint density at radius 1 is 1.36 bits per heavy atom. The number of halogens is 3. The summed E-state index contributed by atoms with van der Waals surface area (Å²) in [6.45, 7) is 2.07. The number of nitrogens with one attached hydrogen (secondary N) is 1. The van der Waals surface area contributed by atoms with Gasteiger partial charge in [-0.05, 0) is 19.3 Å². The zero-order chi connectivity index (χ0) is 10.4. The van der Waals surface area contributed by atoms with Gasteiger partial charge in [0.1, 0.15) is 5.54 Å². The smallest absolute Gasteiger partial charge is 0.300 e. The van der Waals surface area contributed by atoms with E-state index in [0.29, 0.717) is 5.25 Å². The van der Waals surface area contributed by atoms with E-state index >= 15 is 0 Å². The first kappa shape index (κ1) is 10.6. The van der Waals surface area contributed by atoms with Crippen LogP contribution in [-0.2, 0) is 0 Å². The molecule has 1 heterocycles. The summed E-state index contributed by atoms with van der Waals surface area (Å²) < 4.78 is 37.7. The lowest BCUT2D eigenvalue weighted by Gasteiger charge is -2.24. The second-order valence-corrected chi connectivity index (χ2v) is 5.77. The molecule has 14 heavy (non-hydrogen) atoms. The van der Waals surface area contributed by atoms with Crippen LogP contribution in [0.1, 0.15) is 26.2 Å². The van der Waals surface area contributed by atoms with Gasteiger partial charge in [0, 0.05) is 17.0 Å². The largest absolute Gasteiger partial charge is 0.406 e. The van der Waals surface area contributed by atoms with Crippen LogP contribution >= 0.6 is 11.8 Å². The molecule has 0 amide bonds. The topological polar surface area (TPSA) is 12.0 Å². The van der Waals surface area contributed by atoms with Crippen LogP contribution in [0.5, 0.6) is 0 Å². The molecule has 1 saturated heterocycles. The lowest BCUT2D eigenvalue weighted by molar-refractivity contribution is -0.167. The van der Waals surface area contributed by atoms with Crippen LogP contribution in [0.15, 0.2) is 0 Å². The lowest BCUT2D eigenvalue weighted by atomic mass is 10.1. The van der Waals surface area contributed by atoms with Crippen molar-refractivity contribution < 1.29 is 13.2 Å². The molecule has 1 saturated carbocycles. The molecule has 2 unspecified atom stereocenters. The highest BCUT2D eigenvalue weighted by Gasteiger charge is 2.63. The Hall–Kier alpha value is 0.100. The molecule has 5 heteroatoms. The Bertz CT molecular complexity index is 225. The number of thioether (sulfide) groups is 1. The van der Waals surface area contributed by atoms with Crippen molar-refractivity contribution in [2.24, 2.45) is 0 Å². The number of hydrogen-bond acceptors (Lipinski definition) is 2. The molecule has 0 bridgehead atoms. The van der Waals surface area contributed by atoms with Crippen LogP contribution in [0.2, 0.25) is 0 Å². The minimum atomic E-state index is -4.07. The molecule has 2 fully saturated rings. The Morgan fingerprint density at radius 2 is 2.00 bits per heavy atom. The molecule has 0 radical (unpaired) electrons. The molecule has 2 aliphatic rings. The Kier molecular flexibility index (Phi) is 2.50. The molecule has 82 valence electrons. The van der Waals surface area contributed by atoms with Gasteiger partial charge in [-0.3, -0.25) is 5.32 Å². The predicted molar refractivity (Wildman–Crippen MR) is 51.5 cm³/mol. The van der Waals surface area contributed by atoms with Crippen LogP contribution in [0.3, 0.4) is 0 Å². The van der Waals surface area contributed by atoms with E-state index in [-0.39, 0.29) is 18.9 Å². The van der Waals surface area contributed by atoms with Gasteiger partial charge in [0.05, 0.1) is 0 Å². The van der Waals surface area contributed by atoms with Crippen molar-refractivity contribution in [1.82, 2.24) is 5.32 Å². The first-order chi connectivity index (χ1) is 6.43. The maximum absolute atomic E-state index is 12.6. The van der Waals surface area contributed by atoms with E-state index in [1.807, 2.05) is 0 Å². The molecule has 2 rings (SSSR count). The zero-order valence-corrected chi connectivity index (χ0v) is 8.84. The Balaban J connectivity index is 1.92. The standard InChI is InChI=1S/C9H14F3NS/c1-6-4-7(5-14-6)13-8(2-3-8)9(10,11)12/h6-7,13H,2-5H2,1H3. The van der Waals surface area contributed by atoms with E-state index in [1.165, 1.54) is 0 Å². The van der Waals surface area contributed by atoms with E-state index in [0.717, 1.165) is 12.2 Å². The van der Waals surface area contributed by atoms with Gasteiger partial charge in [0.15, 0.2) is 0 Å². The van der Waals surface area contributed by atoms with Crippen LogP contribution in [0, 0.1) is 0 Å². The van der Waals surface area contributed by atoms with E-state index in [4.69, 9.17) is 0 Å². The third-order valence-electron chi connectivity index (χ3n) is 2.97. The van der Waals surface area contributed by atoms with Gasteiger partial charge >= 0.3 is 6.18 Å². The average Bonchev–Trinajstić information content (AvgIpc) is 2.71. The van der Waals surface area contributed by atoms with Gasteiger partial charge in [-0.15, -0.1) is 0 Å². The van der Waals surface area contributed by atoms with Gasteiger partial charge in [-0.1, -0.05) is 6.92 Å². The summed E-state index contributed by atoms with van der Waals surface area (Å²) >= 11 is 1.75. The third kappa shape index (κ3) is 1.89.